The van der Waals surface area contributed by atoms with E-state index in [9.17, 15) is 4.79 Å². The molecule has 1 aromatic rings. The fraction of sp³-hybridized carbons (Fsp3) is 0.333. The molecule has 1 heterocycles. The van der Waals surface area contributed by atoms with Crippen molar-refractivity contribution < 1.29 is 4.79 Å². The smallest absolute Gasteiger partial charge is 0.236 e. The highest BCUT2D eigenvalue weighted by molar-refractivity contribution is 9.10. The van der Waals surface area contributed by atoms with Crippen LogP contribution in [0.4, 0.5) is 0 Å². The molecule has 0 spiro atoms. The average Bonchev–Trinajstić information content (AvgIpc) is 2.61. The molecular formula is C12H11BrN2O. The zero-order valence-corrected chi connectivity index (χ0v) is 10.3. The van der Waals surface area contributed by atoms with Crippen LogP contribution in [0.3, 0.4) is 0 Å². The van der Waals surface area contributed by atoms with Crippen molar-refractivity contribution in [2.45, 2.75) is 17.8 Å². The monoisotopic (exact) mass is 278 g/mol. The van der Waals surface area contributed by atoms with Crippen molar-refractivity contribution in [3.05, 3.63) is 35.4 Å². The van der Waals surface area contributed by atoms with Gasteiger partial charge >= 0.3 is 0 Å². The van der Waals surface area contributed by atoms with Gasteiger partial charge in [-0.15, -0.1) is 0 Å². The summed E-state index contributed by atoms with van der Waals surface area (Å²) in [6.45, 7) is 1.38. The lowest BCUT2D eigenvalue weighted by Crippen LogP contribution is -2.26. The van der Waals surface area contributed by atoms with Crippen LogP contribution in [0.25, 0.3) is 0 Å². The SMILES string of the molecule is N#Cc1cccc(CN2CCC(Br)C2=O)c1. The summed E-state index contributed by atoms with van der Waals surface area (Å²) in [4.78, 5) is 13.5. The van der Waals surface area contributed by atoms with Crippen LogP contribution in [-0.4, -0.2) is 22.2 Å². The Hall–Kier alpha value is -1.34. The van der Waals surface area contributed by atoms with E-state index in [1.165, 1.54) is 0 Å². The van der Waals surface area contributed by atoms with Gasteiger partial charge in [-0.3, -0.25) is 4.79 Å². The van der Waals surface area contributed by atoms with Gasteiger partial charge in [0, 0.05) is 13.1 Å². The molecule has 0 radical (unpaired) electrons. The van der Waals surface area contributed by atoms with Crippen LogP contribution in [0, 0.1) is 11.3 Å². The van der Waals surface area contributed by atoms with Crippen molar-refractivity contribution in [1.29, 1.82) is 5.26 Å². The first-order valence-corrected chi connectivity index (χ1v) is 6.04. The third-order valence-corrected chi connectivity index (χ3v) is 3.51. The van der Waals surface area contributed by atoms with Crippen molar-refractivity contribution in [2.75, 3.05) is 6.54 Å². The molecule has 4 heteroatoms. The molecule has 0 bridgehead atoms. The molecule has 16 heavy (non-hydrogen) atoms. The molecule has 82 valence electrons. The number of alkyl halides is 1. The van der Waals surface area contributed by atoms with Crippen LogP contribution in [0.1, 0.15) is 17.5 Å². The number of rotatable bonds is 2. The number of carbonyl (C=O) groups excluding carboxylic acids is 1. The normalized spacial score (nSPS) is 19.9. The number of hydrogen-bond acceptors (Lipinski definition) is 2. The Kier molecular flexibility index (Phi) is 3.25. The number of nitriles is 1. The second-order valence-corrected chi connectivity index (χ2v) is 4.93. The van der Waals surface area contributed by atoms with Crippen LogP contribution in [0.5, 0.6) is 0 Å². The topological polar surface area (TPSA) is 44.1 Å². The molecular weight excluding hydrogens is 268 g/mol. The third-order valence-electron chi connectivity index (χ3n) is 2.66. The van der Waals surface area contributed by atoms with Crippen molar-refractivity contribution in [3.8, 4) is 6.07 Å². The Morgan fingerprint density at radius 1 is 1.56 bits per heavy atom. The van der Waals surface area contributed by atoms with Crippen LogP contribution in [-0.2, 0) is 11.3 Å². The summed E-state index contributed by atoms with van der Waals surface area (Å²) in [6.07, 6.45) is 0.858. The molecule has 2 rings (SSSR count). The largest absolute Gasteiger partial charge is 0.337 e. The minimum atomic E-state index is -0.0355. The van der Waals surface area contributed by atoms with Gasteiger partial charge in [0.1, 0.15) is 0 Å². The molecule has 0 aromatic heterocycles. The first-order chi connectivity index (χ1) is 7.70. The van der Waals surface area contributed by atoms with Gasteiger partial charge < -0.3 is 4.90 Å². The number of hydrogen-bond donors (Lipinski definition) is 0. The van der Waals surface area contributed by atoms with Crippen molar-refractivity contribution in [3.63, 3.8) is 0 Å². The molecule has 1 aliphatic rings. The summed E-state index contributed by atoms with van der Waals surface area (Å²) in [5, 5.41) is 8.78. The van der Waals surface area contributed by atoms with Crippen LogP contribution in [0.15, 0.2) is 24.3 Å². The van der Waals surface area contributed by atoms with Crippen molar-refractivity contribution in [1.82, 2.24) is 4.90 Å². The summed E-state index contributed by atoms with van der Waals surface area (Å²) in [5.41, 5.74) is 1.65. The van der Waals surface area contributed by atoms with E-state index in [4.69, 9.17) is 5.26 Å². The summed E-state index contributed by atoms with van der Waals surface area (Å²) in [6, 6.07) is 9.48. The predicted octanol–water partition coefficient (Wildman–Crippen LogP) is 2.05. The maximum atomic E-state index is 11.7. The molecule has 1 aliphatic heterocycles. The molecule has 1 unspecified atom stereocenters. The van der Waals surface area contributed by atoms with Gasteiger partial charge in [-0.05, 0) is 24.1 Å². The van der Waals surface area contributed by atoms with Gasteiger partial charge in [-0.1, -0.05) is 28.1 Å². The second kappa shape index (κ2) is 4.67. The number of amides is 1. The lowest BCUT2D eigenvalue weighted by molar-refractivity contribution is -0.127. The molecule has 1 aromatic carbocycles. The van der Waals surface area contributed by atoms with E-state index in [-0.39, 0.29) is 10.7 Å². The van der Waals surface area contributed by atoms with Crippen molar-refractivity contribution in [2.24, 2.45) is 0 Å². The Bertz CT molecular complexity index is 453. The van der Waals surface area contributed by atoms with Crippen LogP contribution < -0.4 is 0 Å². The number of halogens is 1. The maximum absolute atomic E-state index is 11.7. The van der Waals surface area contributed by atoms with Gasteiger partial charge in [-0.2, -0.15) is 5.26 Å². The zero-order valence-electron chi connectivity index (χ0n) is 8.69. The standard InChI is InChI=1S/C12H11BrN2O/c13-11-4-5-15(12(11)16)8-10-3-1-2-9(6-10)7-14/h1-3,6,11H,4-5,8H2. The number of carbonyl (C=O) groups is 1. The molecule has 1 atom stereocenters. The van der Waals surface area contributed by atoms with Crippen LogP contribution in [0.2, 0.25) is 0 Å². The highest BCUT2D eigenvalue weighted by Gasteiger charge is 2.28. The Labute approximate surface area is 103 Å². The fourth-order valence-corrected chi connectivity index (χ4v) is 2.31. The van der Waals surface area contributed by atoms with Gasteiger partial charge in [0.25, 0.3) is 0 Å². The molecule has 0 saturated carbocycles. The molecule has 1 saturated heterocycles. The van der Waals surface area contributed by atoms with Crippen LogP contribution >= 0.6 is 15.9 Å². The van der Waals surface area contributed by atoms with E-state index in [1.54, 1.807) is 6.07 Å². The lowest BCUT2D eigenvalue weighted by Gasteiger charge is -2.15. The molecule has 3 nitrogen and oxygen atoms in total. The lowest BCUT2D eigenvalue weighted by atomic mass is 10.1. The fourth-order valence-electron chi connectivity index (χ4n) is 1.82. The second-order valence-electron chi connectivity index (χ2n) is 3.83. The summed E-state index contributed by atoms with van der Waals surface area (Å²) in [7, 11) is 0. The Balaban J connectivity index is 2.10. The number of likely N-dealkylation sites (tertiary alicyclic amines) is 1. The van der Waals surface area contributed by atoms with Gasteiger partial charge in [0.15, 0.2) is 0 Å². The zero-order chi connectivity index (χ0) is 11.5. The minimum absolute atomic E-state index is 0.0355. The van der Waals surface area contributed by atoms with Gasteiger partial charge in [0.05, 0.1) is 16.5 Å². The highest BCUT2D eigenvalue weighted by Crippen LogP contribution is 2.20. The highest BCUT2D eigenvalue weighted by atomic mass is 79.9. The van der Waals surface area contributed by atoms with E-state index in [1.807, 2.05) is 23.1 Å². The summed E-state index contributed by atoms with van der Waals surface area (Å²) >= 11 is 3.34. The van der Waals surface area contributed by atoms with Gasteiger partial charge in [-0.25, -0.2) is 0 Å². The molecule has 1 amide bonds. The quantitative estimate of drug-likeness (QED) is 0.778. The Morgan fingerprint density at radius 2 is 2.38 bits per heavy atom. The molecule has 0 aliphatic carbocycles. The molecule has 0 N–H and O–H groups in total. The third kappa shape index (κ3) is 2.25. The maximum Gasteiger partial charge on any atom is 0.236 e. The molecule has 1 fully saturated rings. The predicted molar refractivity (Wildman–Crippen MR) is 63.9 cm³/mol. The van der Waals surface area contributed by atoms with Gasteiger partial charge in [0.2, 0.25) is 5.91 Å². The summed E-state index contributed by atoms with van der Waals surface area (Å²) < 4.78 is 0. The van der Waals surface area contributed by atoms with E-state index in [2.05, 4.69) is 22.0 Å². The number of benzene rings is 1. The average molecular weight is 279 g/mol. The van der Waals surface area contributed by atoms with E-state index in [0.717, 1.165) is 18.5 Å². The van der Waals surface area contributed by atoms with E-state index in [0.29, 0.717) is 12.1 Å². The minimum Gasteiger partial charge on any atom is -0.337 e. The van der Waals surface area contributed by atoms with E-state index < -0.39 is 0 Å². The van der Waals surface area contributed by atoms with E-state index >= 15 is 0 Å². The summed E-state index contributed by atoms with van der Waals surface area (Å²) in [5.74, 6) is 0.141. The van der Waals surface area contributed by atoms with Crippen molar-refractivity contribution >= 4 is 21.8 Å². The first kappa shape index (κ1) is 11.2. The number of nitrogens with zero attached hydrogens (tertiary/aromatic N) is 2. The first-order valence-electron chi connectivity index (χ1n) is 5.12. The Morgan fingerprint density at radius 3 is 3.00 bits per heavy atom.